The molecule has 0 aromatic heterocycles. The highest BCUT2D eigenvalue weighted by atomic mass is 19.1. The number of nitrogens with zero attached hydrogens (tertiary/aromatic N) is 4. The predicted molar refractivity (Wildman–Crippen MR) is 262 cm³/mol. The van der Waals surface area contributed by atoms with E-state index in [2.05, 4.69) is 12.7 Å². The lowest BCUT2D eigenvalue weighted by Crippen LogP contribution is -2.70. The maximum atomic E-state index is 15.2. The number of unbranched alkanes of at least 4 members (excludes halogenated alkanes) is 2. The van der Waals surface area contributed by atoms with Crippen molar-refractivity contribution >= 4 is 29.1 Å². The van der Waals surface area contributed by atoms with Gasteiger partial charge in [-0.1, -0.05) is 48.3 Å². The Morgan fingerprint density at radius 1 is 0.915 bits per heavy atom. The highest BCUT2D eigenvalue weighted by Crippen LogP contribution is 2.62. The molecule has 2 heterocycles. The van der Waals surface area contributed by atoms with Crippen LogP contribution in [0.4, 0.5) is 15.8 Å². The van der Waals surface area contributed by atoms with E-state index >= 15 is 4.79 Å². The summed E-state index contributed by atoms with van der Waals surface area (Å²) in [6.07, 6.45) is 12.6. The number of amides is 1. The monoisotopic (exact) mass is 974 g/mol. The number of halogens is 1. The Hall–Kier alpha value is -6.79. The third-order valence-electron chi connectivity index (χ3n) is 13.8. The quantitative estimate of drug-likeness (QED) is 0.0248. The van der Waals surface area contributed by atoms with Gasteiger partial charge in [-0.05, 0) is 122 Å². The molecule has 1 saturated heterocycles. The van der Waals surface area contributed by atoms with Gasteiger partial charge in [-0.2, -0.15) is 0 Å². The number of carbonyl (C=O) groups is 1. The van der Waals surface area contributed by atoms with E-state index in [0.29, 0.717) is 73.5 Å². The molecular formula is C54H59FN4O12. The van der Waals surface area contributed by atoms with Crippen LogP contribution in [0.15, 0.2) is 127 Å². The Morgan fingerprint density at radius 3 is 2.37 bits per heavy atom. The molecule has 1 amide bonds. The first-order valence-corrected chi connectivity index (χ1v) is 24.3. The molecule has 4 aliphatic rings. The van der Waals surface area contributed by atoms with Crippen LogP contribution in [-0.2, 0) is 25.7 Å². The first kappa shape index (κ1) is 50.6. The minimum absolute atomic E-state index is 0.00151. The lowest BCUT2D eigenvalue weighted by Gasteiger charge is -2.60. The van der Waals surface area contributed by atoms with Crippen LogP contribution in [-0.4, -0.2) is 81.1 Å². The summed E-state index contributed by atoms with van der Waals surface area (Å²) < 4.78 is 41.3. The number of rotatable bonds is 22. The minimum atomic E-state index is -1.65. The van der Waals surface area contributed by atoms with Gasteiger partial charge in [-0.3, -0.25) is 25.0 Å². The van der Waals surface area contributed by atoms with E-state index in [0.717, 1.165) is 30.4 Å². The van der Waals surface area contributed by atoms with Crippen molar-refractivity contribution in [1.29, 1.82) is 0 Å². The number of aliphatic hydroxyl groups excluding tert-OH is 2. The molecule has 7 unspecified atom stereocenters. The number of ether oxygens (including phenoxy) is 4. The van der Waals surface area contributed by atoms with Gasteiger partial charge >= 0.3 is 0 Å². The average Bonchev–Trinajstić information content (AvgIpc) is 3.38. The van der Waals surface area contributed by atoms with Crippen LogP contribution in [0.5, 0.6) is 17.2 Å². The summed E-state index contributed by atoms with van der Waals surface area (Å²) in [7, 11) is 0. The fraction of sp³-hybridized carbons (Fsp3) is 0.407. The fourth-order valence-electron chi connectivity index (χ4n) is 10.5. The van der Waals surface area contributed by atoms with E-state index in [1.807, 2.05) is 6.07 Å². The minimum Gasteiger partial charge on any atom is -0.459 e. The Balaban J connectivity index is 1.34. The van der Waals surface area contributed by atoms with Gasteiger partial charge in [0.05, 0.1) is 40.8 Å². The standard InChI is InChI=1S/C54H59FN4O12/c1-2-29-68-54-49(57(35-37-15-20-39(55)21-16-37)50(62)26-19-36-17-22-40(23-18-36)58(63)64)34-47(56-71-51-14-5-8-30-67-51)45-31-38(10-3-6-27-60)44(13-4-7-28-61)52(53(45)54)46-33-43(24-25-48(46)70-54)69-42-12-9-11-41(32-42)59(65)66/h2,9,11-12,15-26,31-33,38,44,49,51-53,60-61H,1,3-8,10,13-14,27-30,34-35H2. The Bertz CT molecular complexity index is 2620. The number of oxime groups is 1. The Kier molecular flexibility index (Phi) is 16.7. The van der Waals surface area contributed by atoms with E-state index in [-0.39, 0.29) is 61.7 Å². The third kappa shape index (κ3) is 11.7. The lowest BCUT2D eigenvalue weighted by molar-refractivity contribution is -0.385. The van der Waals surface area contributed by atoms with Crippen molar-refractivity contribution < 1.29 is 53.0 Å². The number of hydrogen-bond donors (Lipinski definition) is 2. The number of hydrogen-bond acceptors (Lipinski definition) is 13. The van der Waals surface area contributed by atoms with Crippen molar-refractivity contribution in [2.45, 2.75) is 94.8 Å². The number of fused-ring (bicyclic) bond motifs is 2. The fourth-order valence-corrected chi connectivity index (χ4v) is 10.5. The Morgan fingerprint density at radius 2 is 1.66 bits per heavy atom. The molecule has 374 valence electrons. The number of carbonyl (C=O) groups excluding carboxylic acids is 1. The number of nitro groups is 2. The number of benzene rings is 4. The number of aliphatic hydroxyl groups is 2. The van der Waals surface area contributed by atoms with Gasteiger partial charge in [-0.15, -0.1) is 6.58 Å². The maximum absolute atomic E-state index is 15.2. The van der Waals surface area contributed by atoms with Gasteiger partial charge in [-0.25, -0.2) is 4.39 Å². The first-order valence-electron chi connectivity index (χ1n) is 24.3. The molecule has 2 aliphatic carbocycles. The SMILES string of the molecule is C=CCOC12Oc3ccc(Oc4cccc([N+](=O)[O-])c4)cc3C3C(CCCCO)C(CCCCO)C=C(C(=NOC4CCCCO4)CC1N(Cc1ccc(F)cc1)C(=O)C=Cc1ccc([N+](=O)[O-])cc1)C32. The summed E-state index contributed by atoms with van der Waals surface area (Å²) >= 11 is 0. The second-order valence-corrected chi connectivity index (χ2v) is 18.3. The zero-order chi connectivity index (χ0) is 49.9. The van der Waals surface area contributed by atoms with Crippen LogP contribution in [0, 0.1) is 43.8 Å². The predicted octanol–water partition coefficient (Wildman–Crippen LogP) is 10.3. The summed E-state index contributed by atoms with van der Waals surface area (Å²) in [5, 5.41) is 48.2. The lowest BCUT2D eigenvalue weighted by atomic mass is 9.55. The molecule has 7 atom stereocenters. The third-order valence-corrected chi connectivity index (χ3v) is 13.8. The van der Waals surface area contributed by atoms with Crippen LogP contribution in [0.25, 0.3) is 6.08 Å². The second-order valence-electron chi connectivity index (χ2n) is 18.3. The summed E-state index contributed by atoms with van der Waals surface area (Å²) in [5.41, 5.74) is 3.03. The van der Waals surface area contributed by atoms with Gasteiger partial charge in [0, 0.05) is 68.4 Å². The molecule has 0 bridgehead atoms. The molecule has 71 heavy (non-hydrogen) atoms. The summed E-state index contributed by atoms with van der Waals surface area (Å²) in [4.78, 5) is 45.3. The van der Waals surface area contributed by atoms with Gasteiger partial charge in [0.15, 0.2) is 0 Å². The van der Waals surface area contributed by atoms with Crippen LogP contribution in [0.3, 0.4) is 0 Å². The first-order chi connectivity index (χ1) is 34.5. The molecule has 0 radical (unpaired) electrons. The molecule has 4 aromatic rings. The normalized spacial score (nSPS) is 24.0. The summed E-state index contributed by atoms with van der Waals surface area (Å²) in [6.45, 7) is 4.53. The van der Waals surface area contributed by atoms with Gasteiger partial charge < -0.3 is 38.9 Å². The largest absolute Gasteiger partial charge is 0.459 e. The van der Waals surface area contributed by atoms with E-state index in [4.69, 9.17) is 28.9 Å². The summed E-state index contributed by atoms with van der Waals surface area (Å²) in [6, 6.07) is 22.1. The highest BCUT2D eigenvalue weighted by Gasteiger charge is 2.65. The van der Waals surface area contributed by atoms with Crippen molar-refractivity contribution in [3.63, 3.8) is 0 Å². The van der Waals surface area contributed by atoms with Gasteiger partial charge in [0.25, 0.3) is 11.4 Å². The molecule has 2 aliphatic heterocycles. The molecule has 2 fully saturated rings. The average molecular weight is 975 g/mol. The van der Waals surface area contributed by atoms with Gasteiger partial charge in [0.2, 0.25) is 18.0 Å². The van der Waals surface area contributed by atoms with Crippen LogP contribution < -0.4 is 9.47 Å². The molecule has 17 heteroatoms. The number of non-ortho nitro benzene ring substituents is 2. The van der Waals surface area contributed by atoms with E-state index in [1.54, 1.807) is 65.6 Å². The smallest absolute Gasteiger partial charge is 0.273 e. The second kappa shape index (κ2) is 23.4. The van der Waals surface area contributed by atoms with Crippen molar-refractivity contribution in [3.8, 4) is 17.2 Å². The van der Waals surface area contributed by atoms with E-state index in [1.165, 1.54) is 42.5 Å². The molecule has 16 nitrogen and oxygen atoms in total. The maximum Gasteiger partial charge on any atom is 0.273 e. The number of allylic oxidation sites excluding steroid dienone is 1. The van der Waals surface area contributed by atoms with Crippen molar-refractivity contribution in [2.24, 2.45) is 22.9 Å². The summed E-state index contributed by atoms with van der Waals surface area (Å²) in [5.74, 6) is -2.76. The van der Waals surface area contributed by atoms with Crippen molar-refractivity contribution in [2.75, 3.05) is 26.4 Å². The molecular weight excluding hydrogens is 916 g/mol. The molecule has 8 rings (SSSR count). The van der Waals surface area contributed by atoms with Crippen LogP contribution in [0.1, 0.15) is 86.8 Å². The molecule has 4 aromatic carbocycles. The molecule has 2 N–H and O–H groups in total. The molecule has 1 saturated carbocycles. The van der Waals surface area contributed by atoms with Crippen LogP contribution >= 0.6 is 0 Å². The zero-order valence-electron chi connectivity index (χ0n) is 39.4. The highest BCUT2D eigenvalue weighted by molar-refractivity contribution is 6.03. The van der Waals surface area contributed by atoms with Crippen LogP contribution in [0.2, 0.25) is 0 Å². The molecule has 0 spiro atoms. The number of nitro benzene ring substituents is 2. The zero-order valence-corrected chi connectivity index (χ0v) is 39.4. The van der Waals surface area contributed by atoms with Crippen molar-refractivity contribution in [1.82, 2.24) is 4.90 Å². The van der Waals surface area contributed by atoms with Crippen molar-refractivity contribution in [3.05, 3.63) is 164 Å². The topological polar surface area (TPSA) is 206 Å². The van der Waals surface area contributed by atoms with E-state index < -0.39 is 51.5 Å². The Labute approximate surface area is 411 Å². The van der Waals surface area contributed by atoms with E-state index in [9.17, 15) is 34.8 Å². The van der Waals surface area contributed by atoms with Gasteiger partial charge in [0.1, 0.15) is 29.1 Å².